The van der Waals surface area contributed by atoms with E-state index in [1.165, 1.54) is 12.3 Å². The zero-order chi connectivity index (χ0) is 13.2. The monoisotopic (exact) mass is 275 g/mol. The fourth-order valence-electron chi connectivity index (χ4n) is 1.43. The molecule has 0 bridgehead atoms. The van der Waals surface area contributed by atoms with E-state index in [4.69, 9.17) is 16.0 Å². The van der Waals surface area contributed by atoms with Crippen molar-refractivity contribution in [2.75, 3.05) is 5.32 Å². The molecule has 1 aromatic carbocycles. The molecule has 2 rings (SSSR count). The molecule has 0 aliphatic rings. The van der Waals surface area contributed by atoms with E-state index in [9.17, 15) is 13.2 Å². The van der Waals surface area contributed by atoms with Crippen LogP contribution in [-0.4, -0.2) is 0 Å². The molecule has 2 nitrogen and oxygen atoms in total. The van der Waals surface area contributed by atoms with Crippen LogP contribution in [0.25, 0.3) is 0 Å². The van der Waals surface area contributed by atoms with Gasteiger partial charge < -0.3 is 9.73 Å². The first-order chi connectivity index (χ1) is 8.47. The Morgan fingerprint density at radius 3 is 2.61 bits per heavy atom. The van der Waals surface area contributed by atoms with E-state index in [-0.39, 0.29) is 17.3 Å². The van der Waals surface area contributed by atoms with Crippen LogP contribution >= 0.6 is 11.6 Å². The van der Waals surface area contributed by atoms with Gasteiger partial charge in [0.15, 0.2) is 0 Å². The predicted octanol–water partition coefficient (Wildman–Crippen LogP) is 4.56. The van der Waals surface area contributed by atoms with E-state index in [0.717, 1.165) is 12.1 Å². The molecule has 0 fully saturated rings. The Kier molecular flexibility index (Phi) is 3.52. The van der Waals surface area contributed by atoms with Crippen LogP contribution in [-0.2, 0) is 12.7 Å². The van der Waals surface area contributed by atoms with Gasteiger partial charge in [0, 0.05) is 0 Å². The Labute approximate surface area is 106 Å². The smallest absolute Gasteiger partial charge is 0.416 e. The molecule has 0 radical (unpaired) electrons. The van der Waals surface area contributed by atoms with Crippen LogP contribution in [0.2, 0.25) is 5.02 Å². The van der Waals surface area contributed by atoms with Crippen molar-refractivity contribution in [2.45, 2.75) is 12.7 Å². The second-order valence-electron chi connectivity index (χ2n) is 3.63. The Balaban J connectivity index is 2.16. The molecule has 1 N–H and O–H groups in total. The average Bonchev–Trinajstić information content (AvgIpc) is 2.79. The molecular weight excluding hydrogens is 267 g/mol. The molecule has 1 heterocycles. The van der Waals surface area contributed by atoms with Crippen LogP contribution < -0.4 is 5.32 Å². The lowest BCUT2D eigenvalue weighted by atomic mass is 10.2. The topological polar surface area (TPSA) is 25.2 Å². The summed E-state index contributed by atoms with van der Waals surface area (Å²) in [4.78, 5) is 0. The van der Waals surface area contributed by atoms with Gasteiger partial charge in [-0.05, 0) is 30.3 Å². The summed E-state index contributed by atoms with van der Waals surface area (Å²) in [5.41, 5.74) is -0.517. The summed E-state index contributed by atoms with van der Waals surface area (Å²) in [6, 6.07) is 6.56. The number of alkyl halides is 3. The summed E-state index contributed by atoms with van der Waals surface area (Å²) in [6.45, 7) is 0.272. The van der Waals surface area contributed by atoms with Gasteiger partial charge in [-0.1, -0.05) is 11.6 Å². The van der Waals surface area contributed by atoms with Crippen LogP contribution in [0.3, 0.4) is 0 Å². The molecule has 0 spiro atoms. The van der Waals surface area contributed by atoms with Gasteiger partial charge in [-0.15, -0.1) is 0 Å². The average molecular weight is 276 g/mol. The van der Waals surface area contributed by atoms with Crippen LogP contribution in [0.5, 0.6) is 0 Å². The second kappa shape index (κ2) is 4.94. The van der Waals surface area contributed by atoms with Gasteiger partial charge in [0.2, 0.25) is 0 Å². The standard InChI is InChI=1S/C12H9ClF3NO/c13-10-4-3-8(12(14,15)16)6-11(10)17-7-9-2-1-5-18-9/h1-6,17H,7H2. The van der Waals surface area contributed by atoms with Gasteiger partial charge in [-0.25, -0.2) is 0 Å². The Bertz CT molecular complexity index is 523. The zero-order valence-corrected chi connectivity index (χ0v) is 9.85. The van der Waals surface area contributed by atoms with E-state index >= 15 is 0 Å². The molecule has 0 unspecified atom stereocenters. The first-order valence-electron chi connectivity index (χ1n) is 5.10. The van der Waals surface area contributed by atoms with E-state index in [1.54, 1.807) is 12.1 Å². The maximum absolute atomic E-state index is 12.5. The summed E-state index contributed by atoms with van der Waals surface area (Å²) in [5.74, 6) is 0.614. The largest absolute Gasteiger partial charge is 0.467 e. The number of anilines is 1. The molecule has 0 saturated carbocycles. The third kappa shape index (κ3) is 2.98. The number of rotatable bonds is 3. The van der Waals surface area contributed by atoms with Crippen molar-refractivity contribution in [3.8, 4) is 0 Å². The van der Waals surface area contributed by atoms with E-state index < -0.39 is 11.7 Å². The minimum absolute atomic E-state index is 0.225. The molecule has 0 atom stereocenters. The highest BCUT2D eigenvalue weighted by molar-refractivity contribution is 6.33. The fourth-order valence-corrected chi connectivity index (χ4v) is 1.62. The second-order valence-corrected chi connectivity index (χ2v) is 4.03. The summed E-state index contributed by atoms with van der Waals surface area (Å²) >= 11 is 5.83. The lowest BCUT2D eigenvalue weighted by molar-refractivity contribution is -0.137. The lowest BCUT2D eigenvalue weighted by Crippen LogP contribution is -2.06. The van der Waals surface area contributed by atoms with Crippen molar-refractivity contribution in [3.05, 3.63) is 52.9 Å². The van der Waals surface area contributed by atoms with Crippen molar-refractivity contribution >= 4 is 17.3 Å². The van der Waals surface area contributed by atoms with Crippen molar-refractivity contribution in [2.24, 2.45) is 0 Å². The van der Waals surface area contributed by atoms with Crippen molar-refractivity contribution in [1.82, 2.24) is 0 Å². The zero-order valence-electron chi connectivity index (χ0n) is 9.09. The fraction of sp³-hybridized carbons (Fsp3) is 0.167. The molecule has 18 heavy (non-hydrogen) atoms. The SMILES string of the molecule is FC(F)(F)c1ccc(Cl)c(NCc2ccco2)c1. The molecule has 2 aromatic rings. The van der Waals surface area contributed by atoms with Gasteiger partial charge in [0.05, 0.1) is 29.1 Å². The summed E-state index contributed by atoms with van der Waals surface area (Å²) in [6.07, 6.45) is -2.89. The van der Waals surface area contributed by atoms with Gasteiger partial charge in [-0.3, -0.25) is 0 Å². The van der Waals surface area contributed by atoms with Crippen LogP contribution in [0.4, 0.5) is 18.9 Å². The molecule has 0 aliphatic heterocycles. The number of benzene rings is 1. The Morgan fingerprint density at radius 2 is 2.00 bits per heavy atom. The van der Waals surface area contributed by atoms with E-state index in [2.05, 4.69) is 5.32 Å². The molecule has 6 heteroatoms. The maximum Gasteiger partial charge on any atom is 0.416 e. The number of hydrogen-bond donors (Lipinski definition) is 1. The van der Waals surface area contributed by atoms with Crippen molar-refractivity contribution in [3.63, 3.8) is 0 Å². The number of furan rings is 1. The van der Waals surface area contributed by atoms with E-state index in [0.29, 0.717) is 5.76 Å². The number of hydrogen-bond acceptors (Lipinski definition) is 2. The number of nitrogens with one attached hydrogen (secondary N) is 1. The first kappa shape index (κ1) is 12.8. The number of halogens is 4. The predicted molar refractivity (Wildman–Crippen MR) is 62.5 cm³/mol. The molecule has 0 aliphatic carbocycles. The minimum Gasteiger partial charge on any atom is -0.467 e. The van der Waals surface area contributed by atoms with Gasteiger partial charge in [0.25, 0.3) is 0 Å². The molecule has 0 amide bonds. The lowest BCUT2D eigenvalue weighted by Gasteiger charge is -2.11. The molecule has 96 valence electrons. The normalized spacial score (nSPS) is 11.6. The van der Waals surface area contributed by atoms with Crippen LogP contribution in [0, 0.1) is 0 Å². The minimum atomic E-state index is -4.38. The third-order valence-electron chi connectivity index (χ3n) is 2.33. The summed E-state index contributed by atoms with van der Waals surface area (Å²) in [5, 5.41) is 3.03. The third-order valence-corrected chi connectivity index (χ3v) is 2.66. The van der Waals surface area contributed by atoms with Crippen molar-refractivity contribution in [1.29, 1.82) is 0 Å². The highest BCUT2D eigenvalue weighted by Gasteiger charge is 2.30. The molecular formula is C12H9ClF3NO. The van der Waals surface area contributed by atoms with Crippen molar-refractivity contribution < 1.29 is 17.6 Å². The van der Waals surface area contributed by atoms with Gasteiger partial charge in [-0.2, -0.15) is 13.2 Å². The molecule has 0 saturated heterocycles. The quantitative estimate of drug-likeness (QED) is 0.888. The van der Waals surface area contributed by atoms with Gasteiger partial charge >= 0.3 is 6.18 Å². The molecule has 1 aromatic heterocycles. The summed E-state index contributed by atoms with van der Waals surface area (Å²) < 4.78 is 42.6. The highest BCUT2D eigenvalue weighted by Crippen LogP contribution is 2.33. The first-order valence-corrected chi connectivity index (χ1v) is 5.47. The van der Waals surface area contributed by atoms with Gasteiger partial charge in [0.1, 0.15) is 5.76 Å². The summed E-state index contributed by atoms with van der Waals surface area (Å²) in [7, 11) is 0. The van der Waals surface area contributed by atoms with E-state index in [1.807, 2.05) is 0 Å². The highest BCUT2D eigenvalue weighted by atomic mass is 35.5. The Morgan fingerprint density at radius 1 is 1.22 bits per heavy atom. The Hall–Kier alpha value is -1.62. The maximum atomic E-state index is 12.5. The van der Waals surface area contributed by atoms with Crippen LogP contribution in [0.15, 0.2) is 41.0 Å². The van der Waals surface area contributed by atoms with Crippen LogP contribution in [0.1, 0.15) is 11.3 Å².